The van der Waals surface area contributed by atoms with E-state index in [1.807, 2.05) is 25.1 Å². The Morgan fingerprint density at radius 1 is 1.32 bits per heavy atom. The van der Waals surface area contributed by atoms with Crippen LogP contribution in [-0.2, 0) is 11.2 Å². The van der Waals surface area contributed by atoms with Crippen molar-refractivity contribution in [3.8, 4) is 0 Å². The average Bonchev–Trinajstić information content (AvgIpc) is 2.38. The Kier molecular flexibility index (Phi) is 7.14. The van der Waals surface area contributed by atoms with Crippen LogP contribution in [0.5, 0.6) is 0 Å². The molecule has 106 valence electrons. The molecule has 0 spiro atoms. The molecule has 3 heteroatoms. The van der Waals surface area contributed by atoms with Crippen LogP contribution in [0.1, 0.15) is 37.8 Å². The number of rotatable bonds is 7. The molecule has 2 nitrogen and oxygen atoms in total. The molecular formula is C16H24BrNO. The summed E-state index contributed by atoms with van der Waals surface area (Å²) in [6.07, 6.45) is 2.74. The Balaban J connectivity index is 2.39. The van der Waals surface area contributed by atoms with Gasteiger partial charge >= 0.3 is 0 Å². The molecule has 0 saturated heterocycles. The standard InChI is InChI=1S/C16H24BrNO/c1-4-14(5-2)15(17)11-18-16(19)10-13-8-6-7-12(3)9-13/h6-9,14-15H,4-5,10-11H2,1-3H3,(H,18,19). The lowest BCUT2D eigenvalue weighted by Crippen LogP contribution is -2.33. The second-order valence-electron chi connectivity index (χ2n) is 5.06. The van der Waals surface area contributed by atoms with Gasteiger partial charge in [-0.25, -0.2) is 0 Å². The minimum atomic E-state index is 0.0982. The van der Waals surface area contributed by atoms with E-state index in [-0.39, 0.29) is 5.91 Å². The van der Waals surface area contributed by atoms with Crippen LogP contribution in [0.2, 0.25) is 0 Å². The first-order valence-electron chi connectivity index (χ1n) is 7.03. The van der Waals surface area contributed by atoms with E-state index in [4.69, 9.17) is 0 Å². The van der Waals surface area contributed by atoms with Gasteiger partial charge in [-0.2, -0.15) is 0 Å². The first-order valence-corrected chi connectivity index (χ1v) is 7.94. The number of alkyl halides is 1. The molecule has 1 atom stereocenters. The molecule has 0 aliphatic carbocycles. The second-order valence-corrected chi connectivity index (χ2v) is 6.24. The Morgan fingerprint density at radius 2 is 2.00 bits per heavy atom. The van der Waals surface area contributed by atoms with Gasteiger partial charge in [0.25, 0.3) is 0 Å². The molecule has 0 aromatic heterocycles. The van der Waals surface area contributed by atoms with Gasteiger partial charge in [0.15, 0.2) is 0 Å². The van der Waals surface area contributed by atoms with Crippen molar-refractivity contribution in [3.05, 3.63) is 35.4 Å². The molecule has 1 aromatic rings. The summed E-state index contributed by atoms with van der Waals surface area (Å²) in [5, 5.41) is 3.01. The molecule has 1 amide bonds. The number of amides is 1. The first-order chi connectivity index (χ1) is 9.06. The molecule has 0 fully saturated rings. The topological polar surface area (TPSA) is 29.1 Å². The molecule has 1 unspecified atom stereocenters. The van der Waals surface area contributed by atoms with Crippen molar-refractivity contribution < 1.29 is 4.79 Å². The fourth-order valence-electron chi connectivity index (χ4n) is 2.25. The molecule has 0 radical (unpaired) electrons. The number of nitrogens with one attached hydrogen (secondary N) is 1. The minimum absolute atomic E-state index is 0.0982. The summed E-state index contributed by atoms with van der Waals surface area (Å²) >= 11 is 3.68. The highest BCUT2D eigenvalue weighted by atomic mass is 79.9. The molecule has 0 aliphatic heterocycles. The van der Waals surface area contributed by atoms with Gasteiger partial charge in [0.05, 0.1) is 6.42 Å². The van der Waals surface area contributed by atoms with E-state index in [1.165, 1.54) is 5.56 Å². The van der Waals surface area contributed by atoms with Gasteiger partial charge < -0.3 is 5.32 Å². The van der Waals surface area contributed by atoms with Crippen LogP contribution in [0.25, 0.3) is 0 Å². The Labute approximate surface area is 125 Å². The summed E-state index contributed by atoms with van der Waals surface area (Å²) < 4.78 is 0. The van der Waals surface area contributed by atoms with Crippen LogP contribution in [0, 0.1) is 12.8 Å². The third-order valence-electron chi connectivity index (χ3n) is 3.50. The number of hydrogen-bond donors (Lipinski definition) is 1. The summed E-state index contributed by atoms with van der Waals surface area (Å²) in [6.45, 7) is 7.13. The SMILES string of the molecule is CCC(CC)C(Br)CNC(=O)Cc1cccc(C)c1. The van der Waals surface area contributed by atoms with E-state index in [9.17, 15) is 4.79 Å². The smallest absolute Gasteiger partial charge is 0.224 e. The predicted octanol–water partition coefficient (Wildman–Crippen LogP) is 3.85. The molecule has 0 heterocycles. The minimum Gasteiger partial charge on any atom is -0.355 e. The summed E-state index contributed by atoms with van der Waals surface area (Å²) in [6, 6.07) is 8.10. The van der Waals surface area contributed by atoms with Crippen LogP contribution in [0.3, 0.4) is 0 Å². The third kappa shape index (κ3) is 5.77. The van der Waals surface area contributed by atoms with Crippen molar-refractivity contribution in [1.82, 2.24) is 5.32 Å². The quantitative estimate of drug-likeness (QED) is 0.758. The number of benzene rings is 1. The molecule has 0 bridgehead atoms. The number of carbonyl (C=O) groups is 1. The van der Waals surface area contributed by atoms with Crippen molar-refractivity contribution in [2.45, 2.75) is 44.9 Å². The highest BCUT2D eigenvalue weighted by Crippen LogP contribution is 2.19. The third-order valence-corrected chi connectivity index (χ3v) is 4.57. The zero-order valence-electron chi connectivity index (χ0n) is 12.1. The maximum atomic E-state index is 11.9. The molecule has 0 aliphatic rings. The molecule has 0 saturated carbocycles. The van der Waals surface area contributed by atoms with E-state index in [0.29, 0.717) is 23.7 Å². The van der Waals surface area contributed by atoms with Crippen LogP contribution < -0.4 is 5.32 Å². The number of hydrogen-bond acceptors (Lipinski definition) is 1. The van der Waals surface area contributed by atoms with Gasteiger partial charge in [0.1, 0.15) is 0 Å². The van der Waals surface area contributed by atoms with Crippen molar-refractivity contribution >= 4 is 21.8 Å². The fraction of sp³-hybridized carbons (Fsp3) is 0.562. The van der Waals surface area contributed by atoms with E-state index in [0.717, 1.165) is 18.4 Å². The van der Waals surface area contributed by atoms with Gasteiger partial charge in [0.2, 0.25) is 5.91 Å². The Morgan fingerprint density at radius 3 is 2.58 bits per heavy atom. The van der Waals surface area contributed by atoms with Gasteiger partial charge in [-0.15, -0.1) is 0 Å². The monoisotopic (exact) mass is 325 g/mol. The Hall–Kier alpha value is -0.830. The molecule has 1 rings (SSSR count). The predicted molar refractivity (Wildman–Crippen MR) is 84.7 cm³/mol. The van der Waals surface area contributed by atoms with E-state index < -0.39 is 0 Å². The molecular weight excluding hydrogens is 302 g/mol. The van der Waals surface area contributed by atoms with Gasteiger partial charge in [-0.05, 0) is 18.4 Å². The zero-order chi connectivity index (χ0) is 14.3. The molecule has 1 aromatic carbocycles. The van der Waals surface area contributed by atoms with Gasteiger partial charge in [0, 0.05) is 11.4 Å². The summed E-state index contributed by atoms with van der Waals surface area (Å²) in [4.78, 5) is 12.3. The van der Waals surface area contributed by atoms with Crippen molar-refractivity contribution in [2.75, 3.05) is 6.54 Å². The maximum Gasteiger partial charge on any atom is 0.224 e. The summed E-state index contributed by atoms with van der Waals surface area (Å²) in [5.41, 5.74) is 2.27. The van der Waals surface area contributed by atoms with E-state index in [1.54, 1.807) is 0 Å². The maximum absolute atomic E-state index is 11.9. The number of halogens is 1. The average molecular weight is 326 g/mol. The van der Waals surface area contributed by atoms with Crippen molar-refractivity contribution in [2.24, 2.45) is 5.92 Å². The van der Waals surface area contributed by atoms with Crippen LogP contribution >= 0.6 is 15.9 Å². The number of aryl methyl sites for hydroxylation is 1. The lowest BCUT2D eigenvalue weighted by atomic mass is 9.99. The zero-order valence-corrected chi connectivity index (χ0v) is 13.7. The lowest BCUT2D eigenvalue weighted by molar-refractivity contribution is -0.120. The van der Waals surface area contributed by atoms with E-state index >= 15 is 0 Å². The van der Waals surface area contributed by atoms with E-state index in [2.05, 4.69) is 41.2 Å². The van der Waals surface area contributed by atoms with Crippen LogP contribution in [0.15, 0.2) is 24.3 Å². The Bertz CT molecular complexity index is 401. The summed E-state index contributed by atoms with van der Waals surface area (Å²) in [5.74, 6) is 0.722. The highest BCUT2D eigenvalue weighted by molar-refractivity contribution is 9.09. The molecule has 19 heavy (non-hydrogen) atoms. The first kappa shape index (κ1) is 16.2. The normalized spacial score (nSPS) is 12.5. The van der Waals surface area contributed by atoms with Crippen molar-refractivity contribution in [3.63, 3.8) is 0 Å². The fourth-order valence-corrected chi connectivity index (χ4v) is 3.16. The lowest BCUT2D eigenvalue weighted by Gasteiger charge is -2.19. The molecule has 1 N–H and O–H groups in total. The van der Waals surface area contributed by atoms with Crippen LogP contribution in [-0.4, -0.2) is 17.3 Å². The number of carbonyl (C=O) groups excluding carboxylic acids is 1. The summed E-state index contributed by atoms with van der Waals surface area (Å²) in [7, 11) is 0. The largest absolute Gasteiger partial charge is 0.355 e. The van der Waals surface area contributed by atoms with Crippen molar-refractivity contribution in [1.29, 1.82) is 0 Å². The second kappa shape index (κ2) is 8.36. The highest BCUT2D eigenvalue weighted by Gasteiger charge is 2.15. The van der Waals surface area contributed by atoms with Gasteiger partial charge in [-0.3, -0.25) is 4.79 Å². The van der Waals surface area contributed by atoms with Crippen LogP contribution in [0.4, 0.5) is 0 Å². The van der Waals surface area contributed by atoms with Gasteiger partial charge in [-0.1, -0.05) is 72.4 Å².